The van der Waals surface area contributed by atoms with Gasteiger partial charge in [-0.25, -0.2) is 9.13 Å². The molecule has 0 fully saturated rings. The molecule has 27 heavy (non-hydrogen) atoms. The van der Waals surface area contributed by atoms with Gasteiger partial charge in [-0.1, -0.05) is 90.9 Å². The lowest BCUT2D eigenvalue weighted by molar-refractivity contribution is 0.136. The van der Waals surface area contributed by atoms with Gasteiger partial charge in [-0.2, -0.15) is 4.31 Å². The van der Waals surface area contributed by atoms with Crippen LogP contribution in [0.1, 0.15) is 104 Å². The molecule has 0 saturated heterocycles. The molecular formula is C18H40O7P2. The summed E-state index contributed by atoms with van der Waals surface area (Å²) in [5, 5.41) is 0. The van der Waals surface area contributed by atoms with Gasteiger partial charge < -0.3 is 9.79 Å². The maximum Gasteiger partial charge on any atom is 0.483 e. The zero-order valence-corrected chi connectivity index (χ0v) is 18.9. The van der Waals surface area contributed by atoms with Gasteiger partial charge >= 0.3 is 15.6 Å². The molecule has 0 atom stereocenters. The molecule has 0 saturated carbocycles. The van der Waals surface area contributed by atoms with E-state index >= 15 is 0 Å². The summed E-state index contributed by atoms with van der Waals surface area (Å²) >= 11 is 0. The number of hydrogen-bond acceptors (Lipinski definition) is 5. The molecular weight excluding hydrogens is 390 g/mol. The Balaban J connectivity index is 4.03. The van der Waals surface area contributed by atoms with Crippen LogP contribution in [-0.2, 0) is 22.5 Å². The van der Waals surface area contributed by atoms with Crippen LogP contribution in [0.2, 0.25) is 0 Å². The first kappa shape index (κ1) is 27.3. The average Bonchev–Trinajstić information content (AvgIpc) is 2.58. The van der Waals surface area contributed by atoms with E-state index in [0.29, 0.717) is 12.8 Å². The van der Waals surface area contributed by atoms with Gasteiger partial charge in [-0.15, -0.1) is 0 Å². The van der Waals surface area contributed by atoms with Gasteiger partial charge in [0.1, 0.15) is 0 Å². The minimum atomic E-state index is -4.95. The lowest BCUT2D eigenvalue weighted by atomic mass is 10.1. The molecule has 0 rings (SSSR count). The molecule has 2 N–H and O–H groups in total. The highest BCUT2D eigenvalue weighted by molar-refractivity contribution is 7.61. The van der Waals surface area contributed by atoms with Gasteiger partial charge in [0.05, 0.1) is 13.2 Å². The number of hydrogen-bond donors (Lipinski definition) is 2. The third-order valence-corrected chi connectivity index (χ3v) is 6.85. The fraction of sp³-hybridized carbons (Fsp3) is 1.00. The Labute approximate surface area is 165 Å². The summed E-state index contributed by atoms with van der Waals surface area (Å²) in [6.45, 7) is 4.53. The first-order valence-electron chi connectivity index (χ1n) is 10.5. The second-order valence-corrected chi connectivity index (χ2v) is 9.97. The Morgan fingerprint density at radius 3 is 1.26 bits per heavy atom. The molecule has 0 heterocycles. The first-order valence-corrected chi connectivity index (χ1v) is 13.5. The number of unbranched alkanes of at least 4 members (excludes halogenated alkanes) is 12. The van der Waals surface area contributed by atoms with Crippen LogP contribution in [0.4, 0.5) is 0 Å². The molecule has 0 bridgehead atoms. The summed E-state index contributed by atoms with van der Waals surface area (Å²) in [4.78, 5) is 17.9. The van der Waals surface area contributed by atoms with Gasteiger partial charge in [0.15, 0.2) is 0 Å². The van der Waals surface area contributed by atoms with Crippen molar-refractivity contribution in [2.75, 3.05) is 13.2 Å². The van der Waals surface area contributed by atoms with Crippen molar-refractivity contribution in [3.63, 3.8) is 0 Å². The highest BCUT2D eigenvalue weighted by atomic mass is 31.3. The van der Waals surface area contributed by atoms with Crippen LogP contribution in [-0.4, -0.2) is 23.0 Å². The fourth-order valence-corrected chi connectivity index (χ4v) is 4.88. The third-order valence-electron chi connectivity index (χ3n) is 4.20. The van der Waals surface area contributed by atoms with Crippen LogP contribution in [0.5, 0.6) is 0 Å². The van der Waals surface area contributed by atoms with Crippen molar-refractivity contribution in [2.24, 2.45) is 0 Å². The topological polar surface area (TPSA) is 102 Å². The Morgan fingerprint density at radius 1 is 0.593 bits per heavy atom. The van der Waals surface area contributed by atoms with Gasteiger partial charge in [-0.3, -0.25) is 9.05 Å². The Hall–Kier alpha value is 0.260. The molecule has 0 amide bonds. The van der Waals surface area contributed by atoms with Crippen LogP contribution in [0.25, 0.3) is 0 Å². The zero-order valence-electron chi connectivity index (χ0n) is 17.1. The monoisotopic (exact) mass is 430 g/mol. The van der Waals surface area contributed by atoms with Crippen molar-refractivity contribution >= 4 is 15.6 Å². The number of phosphoric ester groups is 1. The Kier molecular flexibility index (Phi) is 17.3. The van der Waals surface area contributed by atoms with E-state index in [9.17, 15) is 9.13 Å². The normalized spacial score (nSPS) is 12.6. The maximum absolute atomic E-state index is 12.4. The molecule has 0 unspecified atom stereocenters. The molecule has 0 aromatic heterocycles. The lowest BCUT2D eigenvalue weighted by Gasteiger charge is -2.18. The van der Waals surface area contributed by atoms with Gasteiger partial charge in [-0.05, 0) is 12.8 Å². The zero-order chi connectivity index (χ0) is 20.4. The van der Waals surface area contributed by atoms with Crippen LogP contribution in [0.15, 0.2) is 0 Å². The van der Waals surface area contributed by atoms with E-state index in [4.69, 9.17) is 18.8 Å². The minimum absolute atomic E-state index is 0.0993. The van der Waals surface area contributed by atoms with E-state index < -0.39 is 15.6 Å². The largest absolute Gasteiger partial charge is 0.483 e. The summed E-state index contributed by atoms with van der Waals surface area (Å²) in [5.41, 5.74) is 0. The molecule has 9 heteroatoms. The molecule has 164 valence electrons. The molecule has 0 aliphatic rings. The van der Waals surface area contributed by atoms with E-state index in [0.717, 1.165) is 38.5 Å². The molecule has 0 aliphatic heterocycles. The second-order valence-electron chi connectivity index (χ2n) is 6.93. The highest BCUT2D eigenvalue weighted by Crippen LogP contribution is 2.61. The van der Waals surface area contributed by atoms with Gasteiger partial charge in [0, 0.05) is 0 Å². The quantitative estimate of drug-likeness (QED) is 0.163. The average molecular weight is 430 g/mol. The van der Waals surface area contributed by atoms with Crippen LogP contribution < -0.4 is 0 Å². The maximum atomic E-state index is 12.4. The summed E-state index contributed by atoms with van der Waals surface area (Å²) in [6, 6.07) is 0. The minimum Gasteiger partial charge on any atom is -0.302 e. The number of rotatable bonds is 20. The smallest absolute Gasteiger partial charge is 0.302 e. The van der Waals surface area contributed by atoms with Crippen molar-refractivity contribution in [3.8, 4) is 0 Å². The van der Waals surface area contributed by atoms with E-state index in [1.165, 1.54) is 38.5 Å². The predicted octanol–water partition coefficient (Wildman–Crippen LogP) is 6.74. The van der Waals surface area contributed by atoms with E-state index in [2.05, 4.69) is 18.2 Å². The van der Waals surface area contributed by atoms with Crippen molar-refractivity contribution in [1.29, 1.82) is 0 Å². The summed E-state index contributed by atoms with van der Waals surface area (Å²) in [5.74, 6) is 0. The summed E-state index contributed by atoms with van der Waals surface area (Å²) in [6.07, 6.45) is 14.8. The van der Waals surface area contributed by atoms with Crippen molar-refractivity contribution < 1.29 is 32.3 Å². The fourth-order valence-electron chi connectivity index (χ4n) is 2.69. The van der Waals surface area contributed by atoms with Gasteiger partial charge in [0.25, 0.3) is 0 Å². The third kappa shape index (κ3) is 19.4. The highest BCUT2D eigenvalue weighted by Gasteiger charge is 2.35. The summed E-state index contributed by atoms with van der Waals surface area (Å²) in [7, 11) is -9.18. The molecule has 0 aromatic carbocycles. The first-order chi connectivity index (χ1) is 12.8. The van der Waals surface area contributed by atoms with Crippen molar-refractivity contribution in [3.05, 3.63) is 0 Å². The van der Waals surface area contributed by atoms with Crippen LogP contribution in [0, 0.1) is 0 Å². The van der Waals surface area contributed by atoms with Crippen molar-refractivity contribution in [1.82, 2.24) is 0 Å². The predicted molar refractivity (Wildman–Crippen MR) is 109 cm³/mol. The Morgan fingerprint density at radius 2 is 0.926 bits per heavy atom. The SMILES string of the molecule is CCCCCCCCCOP(=O)(OCCCCCCCCC)OP(=O)(O)O. The van der Waals surface area contributed by atoms with Gasteiger partial charge in [0.2, 0.25) is 0 Å². The molecule has 0 aliphatic carbocycles. The molecule has 0 spiro atoms. The van der Waals surface area contributed by atoms with Crippen LogP contribution in [0.3, 0.4) is 0 Å². The van der Waals surface area contributed by atoms with E-state index in [1.807, 2.05) is 0 Å². The van der Waals surface area contributed by atoms with E-state index in [1.54, 1.807) is 0 Å². The second kappa shape index (κ2) is 17.1. The van der Waals surface area contributed by atoms with E-state index in [-0.39, 0.29) is 13.2 Å². The van der Waals surface area contributed by atoms with Crippen molar-refractivity contribution in [2.45, 2.75) is 104 Å². The standard InChI is InChI=1S/C18H40O7P2/c1-3-5-7-9-11-13-15-17-23-27(22,25-26(19,20)21)24-18-16-14-12-10-8-6-4-2/h3-18H2,1-2H3,(H2,19,20,21). The van der Waals surface area contributed by atoms with Crippen LogP contribution >= 0.6 is 15.6 Å². The summed E-state index contributed by atoms with van der Waals surface area (Å²) < 4.78 is 38.0. The number of phosphoric acid groups is 2. The molecule has 7 nitrogen and oxygen atoms in total. The Bertz CT molecular complexity index is 402. The lowest BCUT2D eigenvalue weighted by Crippen LogP contribution is -2.02. The molecule has 0 radical (unpaired) electrons. The molecule has 0 aromatic rings.